The van der Waals surface area contributed by atoms with Gasteiger partial charge < -0.3 is 28.0 Å². The van der Waals surface area contributed by atoms with Crippen LogP contribution in [-0.4, -0.2) is 46.2 Å². The molecule has 0 unspecified atom stereocenters. The number of benzene rings is 16. The summed E-state index contributed by atoms with van der Waals surface area (Å²) < 4.78 is 17.1. The Kier molecular flexibility index (Phi) is 17.0. The Bertz CT molecular complexity index is 7350. The van der Waals surface area contributed by atoms with E-state index in [0.717, 1.165) is 127 Å². The van der Waals surface area contributed by atoms with E-state index < -0.39 is 7.12 Å². The first-order valence-electron chi connectivity index (χ1n) is 37.2. The fourth-order valence-corrected chi connectivity index (χ4v) is 16.2. The third kappa shape index (κ3) is 12.1. The van der Waals surface area contributed by atoms with E-state index in [1.54, 1.807) is 12.1 Å². The number of fused-ring (bicyclic) bond motifs is 14. The minimum absolute atomic E-state index is 0.269. The summed E-state index contributed by atoms with van der Waals surface area (Å²) in [5.41, 5.74) is 26.1. The molecule has 0 spiro atoms. The van der Waals surface area contributed by atoms with Gasteiger partial charge in [0.05, 0.1) is 44.5 Å². The zero-order chi connectivity index (χ0) is 74.8. The van der Waals surface area contributed by atoms with Crippen molar-refractivity contribution >= 4 is 133 Å². The summed E-state index contributed by atoms with van der Waals surface area (Å²) in [6, 6.07) is 130. The second-order valence-electron chi connectivity index (χ2n) is 27.9. The molecular weight excluding hydrogens is 1400 g/mol. The Morgan fingerprint density at radius 1 is 0.259 bits per heavy atom. The van der Waals surface area contributed by atoms with Crippen molar-refractivity contribution in [3.8, 4) is 89.8 Å². The molecule has 0 amide bonds. The fraction of sp³-hybridized carbons (Fsp3) is 0. The summed E-state index contributed by atoms with van der Waals surface area (Å²) in [7, 11) is -1.57. The van der Waals surface area contributed by atoms with Crippen molar-refractivity contribution in [1.29, 1.82) is 0 Å². The highest BCUT2D eigenvalue weighted by Gasteiger charge is 2.23. The van der Waals surface area contributed by atoms with Gasteiger partial charge in [0.15, 0.2) is 5.82 Å². The van der Waals surface area contributed by atoms with Crippen LogP contribution >= 0.6 is 11.6 Å². The molecule has 10 nitrogen and oxygen atoms in total. The molecule has 528 valence electrons. The highest BCUT2D eigenvalue weighted by Crippen LogP contribution is 2.43. The van der Waals surface area contributed by atoms with Crippen LogP contribution in [-0.2, 0) is 0 Å². The van der Waals surface area contributed by atoms with E-state index in [1.807, 2.05) is 84.9 Å². The van der Waals surface area contributed by atoms with Gasteiger partial charge in [-0.1, -0.05) is 267 Å². The minimum atomic E-state index is -1.57. The van der Waals surface area contributed by atoms with E-state index in [2.05, 4.69) is 298 Å². The van der Waals surface area contributed by atoms with Crippen molar-refractivity contribution in [2.24, 2.45) is 0 Å². The van der Waals surface area contributed by atoms with Gasteiger partial charge >= 0.3 is 7.12 Å². The van der Waals surface area contributed by atoms with Gasteiger partial charge in [-0.2, -0.15) is 0 Å². The molecule has 0 saturated carbocycles. The molecule has 22 aromatic rings. The van der Waals surface area contributed by atoms with E-state index in [9.17, 15) is 10.0 Å². The van der Waals surface area contributed by atoms with Gasteiger partial charge in [-0.3, -0.25) is 0 Å². The molecule has 12 heteroatoms. The van der Waals surface area contributed by atoms with Gasteiger partial charge in [-0.05, 0) is 171 Å². The topological polar surface area (TPSA) is 128 Å². The van der Waals surface area contributed by atoms with Crippen molar-refractivity contribution < 1.29 is 18.9 Å². The largest absolute Gasteiger partial charge is 0.489 e. The molecule has 6 aromatic heterocycles. The molecule has 0 bridgehead atoms. The number of halogens is 1. The van der Waals surface area contributed by atoms with Crippen molar-refractivity contribution in [3.05, 3.63) is 381 Å². The highest BCUT2D eigenvalue weighted by atomic mass is 35.5. The molecule has 2 N–H and O–H groups in total. The van der Waals surface area contributed by atoms with E-state index in [-0.39, 0.29) is 5.28 Å². The number of nitrogens with zero attached hydrogens (tertiary/aromatic N) is 6. The van der Waals surface area contributed by atoms with E-state index in [4.69, 9.17) is 30.4 Å². The van der Waals surface area contributed by atoms with Gasteiger partial charge in [-0.25, -0.2) is 19.9 Å². The second kappa shape index (κ2) is 28.4. The highest BCUT2D eigenvalue weighted by molar-refractivity contribution is 6.62. The zero-order valence-corrected chi connectivity index (χ0v) is 60.9. The molecule has 0 fully saturated rings. The number of hydrogen-bond acceptors (Lipinski definition) is 8. The van der Waals surface area contributed by atoms with Crippen LogP contribution < -0.4 is 5.46 Å². The molecule has 0 aliphatic heterocycles. The van der Waals surface area contributed by atoms with E-state index in [0.29, 0.717) is 16.9 Å². The van der Waals surface area contributed by atoms with Gasteiger partial charge in [0.25, 0.3) is 0 Å². The van der Waals surface area contributed by atoms with Crippen LogP contribution in [0.4, 0.5) is 0 Å². The first kappa shape index (κ1) is 67.1. The average molecular weight is 1460 g/mol. The quantitative estimate of drug-likeness (QED) is 0.102. The standard InChI is InChI=1S/C50H31N3O.C30H20BNO3.C20H13ClN2/c1-3-12-32(13-4-1)33-22-24-34(25-23-33)49-39-17-7-9-19-43(39)51-50(52-49)40-18-11-21-47-48(40)42-31-36(27-29-46(42)54-47)35-26-28-45-41(30-35)38-16-8-10-20-44(38)53(45)37-14-5-2-6-15-37;33-31(34)25-10-6-12-29-30(25)24-18-20(14-16-28(24)35-29)19-13-15-27-23(17-19)22-9-4-5-11-26(22)32(27)21-7-2-1-3-8-21;21-20-22-18-9-5-4-8-17(18)19(23-20)16-12-10-15(11-13-16)14-6-2-1-3-7-14/h1-31H;1-18,33-34H;1-13H. The normalized spacial score (nSPS) is 11.5. The number of para-hydroxylation sites is 6. The number of furan rings is 2. The molecular formula is C100H64BClN6O4. The Balaban J connectivity index is 0.000000120. The lowest BCUT2D eigenvalue weighted by Gasteiger charge is -2.11. The van der Waals surface area contributed by atoms with Crippen LogP contribution in [0.25, 0.3) is 199 Å². The summed E-state index contributed by atoms with van der Waals surface area (Å²) in [6.07, 6.45) is 0. The SMILES string of the molecule is Clc1nc(-c2ccc(-c3ccccc3)cc2)c2ccccc2n1.OB(O)c1cccc2oc3ccc(-c4ccc5c(c4)c4ccccc4n5-c4ccccc4)cc3c12.c1ccc(-c2ccc(-c3nc(-c4cccc5oc6ccc(-c7ccc8c(c7)c7ccccc7n8-c7ccccc7)cc6c45)nc4ccccc34)cc2)cc1. The molecule has 16 aromatic carbocycles. The first-order valence-corrected chi connectivity index (χ1v) is 37.6. The Morgan fingerprint density at radius 2 is 0.625 bits per heavy atom. The zero-order valence-electron chi connectivity index (χ0n) is 60.1. The summed E-state index contributed by atoms with van der Waals surface area (Å²) in [5.74, 6) is 0.671. The lowest BCUT2D eigenvalue weighted by Crippen LogP contribution is -2.30. The number of aromatic nitrogens is 6. The molecule has 22 rings (SSSR count). The number of hydrogen-bond donors (Lipinski definition) is 2. The third-order valence-electron chi connectivity index (χ3n) is 21.3. The number of rotatable bonds is 10. The summed E-state index contributed by atoms with van der Waals surface area (Å²) >= 11 is 6.08. The smallest absolute Gasteiger partial charge is 0.456 e. The van der Waals surface area contributed by atoms with Gasteiger partial charge in [-0.15, -0.1) is 0 Å². The molecule has 0 saturated heterocycles. The summed E-state index contributed by atoms with van der Waals surface area (Å²) in [6.45, 7) is 0. The van der Waals surface area contributed by atoms with Gasteiger partial charge in [0.2, 0.25) is 5.28 Å². The van der Waals surface area contributed by atoms with Crippen molar-refractivity contribution in [2.45, 2.75) is 0 Å². The molecule has 0 aliphatic rings. The summed E-state index contributed by atoms with van der Waals surface area (Å²) in [4.78, 5) is 19.2. The first-order chi connectivity index (χ1) is 55.3. The lowest BCUT2D eigenvalue weighted by molar-refractivity contribution is 0.426. The van der Waals surface area contributed by atoms with Crippen molar-refractivity contribution in [2.75, 3.05) is 0 Å². The van der Waals surface area contributed by atoms with Crippen LogP contribution in [0, 0.1) is 0 Å². The maximum absolute atomic E-state index is 9.91. The predicted octanol–water partition coefficient (Wildman–Crippen LogP) is 24.9. The van der Waals surface area contributed by atoms with Crippen molar-refractivity contribution in [1.82, 2.24) is 29.1 Å². The van der Waals surface area contributed by atoms with Crippen LogP contribution in [0.5, 0.6) is 0 Å². The minimum Gasteiger partial charge on any atom is -0.456 e. The Morgan fingerprint density at radius 3 is 1.12 bits per heavy atom. The lowest BCUT2D eigenvalue weighted by atomic mass is 9.77. The fourth-order valence-electron chi connectivity index (χ4n) is 16.0. The van der Waals surface area contributed by atoms with Crippen LogP contribution in [0.1, 0.15) is 0 Å². The van der Waals surface area contributed by atoms with Gasteiger partial charge in [0.1, 0.15) is 22.3 Å². The molecule has 0 atom stereocenters. The van der Waals surface area contributed by atoms with Crippen LogP contribution in [0.3, 0.4) is 0 Å². The maximum Gasteiger partial charge on any atom is 0.489 e. The second-order valence-corrected chi connectivity index (χ2v) is 28.2. The van der Waals surface area contributed by atoms with Gasteiger partial charge in [0, 0.05) is 81.9 Å². The molecule has 112 heavy (non-hydrogen) atoms. The van der Waals surface area contributed by atoms with Crippen molar-refractivity contribution in [3.63, 3.8) is 0 Å². The average Bonchev–Trinajstić information content (AvgIpc) is 1.60. The van der Waals surface area contributed by atoms with Crippen LogP contribution in [0.2, 0.25) is 5.28 Å². The maximum atomic E-state index is 9.91. The monoisotopic (exact) mass is 1460 g/mol. The summed E-state index contributed by atoms with van der Waals surface area (Å²) in [5, 5.41) is 30.6. The molecule has 0 aliphatic carbocycles. The Hall–Kier alpha value is -14.3. The van der Waals surface area contributed by atoms with E-state index in [1.165, 1.54) is 60.3 Å². The predicted molar refractivity (Wildman–Crippen MR) is 462 cm³/mol. The third-order valence-corrected chi connectivity index (χ3v) is 21.5. The van der Waals surface area contributed by atoms with Crippen LogP contribution in [0.15, 0.2) is 385 Å². The molecule has 6 heterocycles. The van der Waals surface area contributed by atoms with E-state index >= 15 is 0 Å². The Labute approximate surface area is 648 Å². The molecule has 0 radical (unpaired) electrons.